The zero-order valence-electron chi connectivity index (χ0n) is 9.92. The number of rotatable bonds is 5. The van der Waals surface area contributed by atoms with E-state index in [4.69, 9.17) is 4.74 Å². The molecule has 94 valence electrons. The lowest BCUT2D eigenvalue weighted by atomic mass is 10.3. The van der Waals surface area contributed by atoms with Gasteiger partial charge < -0.3 is 9.84 Å². The van der Waals surface area contributed by atoms with Crippen molar-refractivity contribution in [2.24, 2.45) is 0 Å². The summed E-state index contributed by atoms with van der Waals surface area (Å²) in [5, 5.41) is 9.89. The third-order valence-corrected chi connectivity index (χ3v) is 3.70. The molecule has 0 saturated carbocycles. The van der Waals surface area contributed by atoms with Crippen LogP contribution >= 0.6 is 11.8 Å². The second-order valence-corrected chi connectivity index (χ2v) is 5.42. The van der Waals surface area contributed by atoms with Crippen molar-refractivity contribution in [1.29, 1.82) is 0 Å². The molecule has 3 nitrogen and oxygen atoms in total. The minimum absolute atomic E-state index is 0.369. The first kappa shape index (κ1) is 12.7. The number of β-amino-alcohol motifs (C(OH)–C–C–N with tert-alkyl or cyclic N) is 1. The van der Waals surface area contributed by atoms with Gasteiger partial charge in [-0.2, -0.15) is 11.8 Å². The number of hydrogen-bond acceptors (Lipinski definition) is 4. The van der Waals surface area contributed by atoms with E-state index in [1.807, 2.05) is 42.1 Å². The quantitative estimate of drug-likeness (QED) is 0.861. The molecule has 0 bridgehead atoms. The molecule has 1 fully saturated rings. The van der Waals surface area contributed by atoms with Crippen molar-refractivity contribution < 1.29 is 9.84 Å². The third-order valence-electron chi connectivity index (χ3n) is 2.76. The summed E-state index contributed by atoms with van der Waals surface area (Å²) in [5.74, 6) is 3.17. The lowest BCUT2D eigenvalue weighted by Crippen LogP contribution is -2.40. The van der Waals surface area contributed by atoms with Gasteiger partial charge in [-0.1, -0.05) is 18.2 Å². The van der Waals surface area contributed by atoms with Crippen LogP contribution in [0.2, 0.25) is 0 Å². The predicted molar refractivity (Wildman–Crippen MR) is 71.7 cm³/mol. The number of thioether (sulfide) groups is 1. The van der Waals surface area contributed by atoms with Gasteiger partial charge in [0.05, 0.1) is 0 Å². The van der Waals surface area contributed by atoms with Crippen LogP contribution in [0.15, 0.2) is 30.3 Å². The molecule has 1 aliphatic heterocycles. The maximum absolute atomic E-state index is 9.89. The number of hydrogen-bond donors (Lipinski definition) is 1. The Bertz CT molecular complexity index is 314. The van der Waals surface area contributed by atoms with Crippen molar-refractivity contribution >= 4 is 11.8 Å². The summed E-state index contributed by atoms with van der Waals surface area (Å²) < 4.78 is 5.53. The Morgan fingerprint density at radius 1 is 1.24 bits per heavy atom. The van der Waals surface area contributed by atoms with Gasteiger partial charge >= 0.3 is 0 Å². The summed E-state index contributed by atoms with van der Waals surface area (Å²) in [6.45, 7) is 3.24. The maximum Gasteiger partial charge on any atom is 0.119 e. The van der Waals surface area contributed by atoms with Crippen molar-refractivity contribution in [1.82, 2.24) is 4.90 Å². The zero-order valence-corrected chi connectivity index (χ0v) is 10.7. The van der Waals surface area contributed by atoms with E-state index in [-0.39, 0.29) is 0 Å². The van der Waals surface area contributed by atoms with Crippen LogP contribution in [0.3, 0.4) is 0 Å². The maximum atomic E-state index is 9.89. The fourth-order valence-corrected chi connectivity index (χ4v) is 2.82. The molecule has 1 unspecified atom stereocenters. The highest BCUT2D eigenvalue weighted by Crippen LogP contribution is 2.11. The van der Waals surface area contributed by atoms with Gasteiger partial charge in [0.15, 0.2) is 0 Å². The number of benzene rings is 1. The van der Waals surface area contributed by atoms with Crippen molar-refractivity contribution in [2.75, 3.05) is 37.7 Å². The van der Waals surface area contributed by atoms with Crippen LogP contribution in [0.25, 0.3) is 0 Å². The summed E-state index contributed by atoms with van der Waals surface area (Å²) in [6.07, 6.45) is -0.404. The first-order valence-corrected chi connectivity index (χ1v) is 7.16. The van der Waals surface area contributed by atoms with E-state index in [0.717, 1.165) is 18.8 Å². The minimum atomic E-state index is -0.404. The van der Waals surface area contributed by atoms with Gasteiger partial charge in [-0.25, -0.2) is 0 Å². The highest BCUT2D eigenvalue weighted by atomic mass is 32.2. The van der Waals surface area contributed by atoms with Crippen LogP contribution in [0, 0.1) is 0 Å². The summed E-state index contributed by atoms with van der Waals surface area (Å²) in [4.78, 5) is 2.30. The Hall–Kier alpha value is -0.710. The topological polar surface area (TPSA) is 32.7 Å². The Morgan fingerprint density at radius 3 is 2.65 bits per heavy atom. The van der Waals surface area contributed by atoms with Crippen molar-refractivity contribution in [3.8, 4) is 5.75 Å². The molecule has 0 aliphatic carbocycles. The highest BCUT2D eigenvalue weighted by molar-refractivity contribution is 7.99. The first-order chi connectivity index (χ1) is 8.34. The molecule has 0 amide bonds. The van der Waals surface area contributed by atoms with Crippen LogP contribution in [-0.4, -0.2) is 53.9 Å². The second-order valence-electron chi connectivity index (χ2n) is 4.19. The van der Waals surface area contributed by atoms with E-state index < -0.39 is 6.10 Å². The Labute approximate surface area is 107 Å². The molecule has 1 aliphatic rings. The van der Waals surface area contributed by atoms with Crippen LogP contribution < -0.4 is 4.74 Å². The number of aliphatic hydroxyl groups is 1. The average molecular weight is 253 g/mol. The average Bonchev–Trinajstić information content (AvgIpc) is 2.39. The van der Waals surface area contributed by atoms with Crippen molar-refractivity contribution in [3.63, 3.8) is 0 Å². The second kappa shape index (κ2) is 6.89. The summed E-state index contributed by atoms with van der Waals surface area (Å²) in [7, 11) is 0. The predicted octanol–water partition coefficient (Wildman–Crippen LogP) is 1.48. The van der Waals surface area contributed by atoms with Crippen LogP contribution in [-0.2, 0) is 0 Å². The van der Waals surface area contributed by atoms with Crippen molar-refractivity contribution in [2.45, 2.75) is 6.10 Å². The molecular formula is C13H19NO2S. The third kappa shape index (κ3) is 4.58. The van der Waals surface area contributed by atoms with Gasteiger partial charge in [-0.3, -0.25) is 4.90 Å². The molecule has 1 aromatic rings. The smallest absolute Gasteiger partial charge is 0.119 e. The largest absolute Gasteiger partial charge is 0.491 e. The van der Waals surface area contributed by atoms with E-state index in [2.05, 4.69) is 4.90 Å². The molecule has 4 heteroatoms. The lowest BCUT2D eigenvalue weighted by molar-refractivity contribution is 0.0715. The highest BCUT2D eigenvalue weighted by Gasteiger charge is 2.15. The number of aliphatic hydroxyl groups excluding tert-OH is 1. The molecule has 1 heterocycles. The SMILES string of the molecule is OC(COc1ccccc1)CN1CCSCC1. The zero-order chi connectivity index (χ0) is 11.9. The molecule has 17 heavy (non-hydrogen) atoms. The van der Waals surface area contributed by atoms with Gasteiger partial charge in [-0.15, -0.1) is 0 Å². The molecule has 2 rings (SSSR count). The summed E-state index contributed by atoms with van der Waals surface area (Å²) in [5.41, 5.74) is 0. The van der Waals surface area contributed by atoms with Gasteiger partial charge in [0.2, 0.25) is 0 Å². The number of para-hydroxylation sites is 1. The van der Waals surface area contributed by atoms with Crippen LogP contribution in [0.1, 0.15) is 0 Å². The van der Waals surface area contributed by atoms with Gasteiger partial charge in [0, 0.05) is 31.1 Å². The summed E-state index contributed by atoms with van der Waals surface area (Å²) in [6, 6.07) is 9.64. The standard InChI is InChI=1S/C13H19NO2S/c15-12(10-14-6-8-17-9-7-14)11-16-13-4-2-1-3-5-13/h1-5,12,15H,6-11H2. The van der Waals surface area contributed by atoms with Gasteiger partial charge in [-0.05, 0) is 12.1 Å². The molecule has 1 aromatic carbocycles. The lowest BCUT2D eigenvalue weighted by Gasteiger charge is -2.28. The normalized spacial score (nSPS) is 18.9. The van der Waals surface area contributed by atoms with E-state index >= 15 is 0 Å². The Morgan fingerprint density at radius 2 is 1.94 bits per heavy atom. The number of ether oxygens (including phenoxy) is 1. The Kier molecular flexibility index (Phi) is 5.16. The van der Waals surface area contributed by atoms with Crippen LogP contribution in [0.4, 0.5) is 0 Å². The molecule has 0 aromatic heterocycles. The molecule has 1 N–H and O–H groups in total. The molecule has 1 saturated heterocycles. The summed E-state index contributed by atoms with van der Waals surface area (Å²) >= 11 is 1.98. The van der Waals surface area contributed by atoms with E-state index in [1.165, 1.54) is 11.5 Å². The molecule has 0 spiro atoms. The number of nitrogens with zero attached hydrogens (tertiary/aromatic N) is 1. The fourth-order valence-electron chi connectivity index (χ4n) is 1.84. The molecule has 1 atom stereocenters. The van der Waals surface area contributed by atoms with Gasteiger partial charge in [0.25, 0.3) is 0 Å². The van der Waals surface area contributed by atoms with Crippen molar-refractivity contribution in [3.05, 3.63) is 30.3 Å². The van der Waals surface area contributed by atoms with E-state index in [1.54, 1.807) is 0 Å². The van der Waals surface area contributed by atoms with Gasteiger partial charge in [0.1, 0.15) is 18.5 Å². The molecular weight excluding hydrogens is 234 g/mol. The monoisotopic (exact) mass is 253 g/mol. The Balaban J connectivity index is 1.68. The van der Waals surface area contributed by atoms with E-state index in [0.29, 0.717) is 13.2 Å². The van der Waals surface area contributed by atoms with Crippen LogP contribution in [0.5, 0.6) is 5.75 Å². The first-order valence-electron chi connectivity index (χ1n) is 6.00. The fraction of sp³-hybridized carbons (Fsp3) is 0.538. The van der Waals surface area contributed by atoms with E-state index in [9.17, 15) is 5.11 Å². The minimum Gasteiger partial charge on any atom is -0.491 e. The molecule has 0 radical (unpaired) electrons.